The van der Waals surface area contributed by atoms with Crippen molar-refractivity contribution < 1.29 is 9.21 Å². The van der Waals surface area contributed by atoms with E-state index in [1.54, 1.807) is 11.9 Å². The van der Waals surface area contributed by atoms with Gasteiger partial charge in [0.05, 0.1) is 13.0 Å². The summed E-state index contributed by atoms with van der Waals surface area (Å²) in [4.78, 5) is 14.0. The van der Waals surface area contributed by atoms with Crippen LogP contribution >= 0.6 is 0 Å². The van der Waals surface area contributed by atoms with Crippen molar-refractivity contribution in [3.05, 3.63) is 71.1 Å². The smallest absolute Gasteiger partial charge is 0.247 e. The number of hydrogen-bond donors (Lipinski definition) is 0. The fourth-order valence-electron chi connectivity index (χ4n) is 2.44. The number of aryl methyl sites for hydroxylation is 2. The van der Waals surface area contributed by atoms with E-state index >= 15 is 0 Å². The van der Waals surface area contributed by atoms with Gasteiger partial charge in [-0.25, -0.2) is 0 Å². The van der Waals surface area contributed by atoms with E-state index in [0.29, 0.717) is 24.7 Å². The zero-order valence-corrected chi connectivity index (χ0v) is 14.7. The average molecular weight is 335 g/mol. The van der Waals surface area contributed by atoms with Gasteiger partial charge in [0.1, 0.15) is 0 Å². The van der Waals surface area contributed by atoms with Gasteiger partial charge in [-0.3, -0.25) is 4.79 Å². The maximum absolute atomic E-state index is 12.4. The molecule has 2 aromatic carbocycles. The number of hydrogen-bond acceptors (Lipinski definition) is 4. The van der Waals surface area contributed by atoms with Crippen molar-refractivity contribution in [1.29, 1.82) is 0 Å². The van der Waals surface area contributed by atoms with Gasteiger partial charge in [-0.1, -0.05) is 47.5 Å². The normalized spacial score (nSPS) is 10.7. The van der Waals surface area contributed by atoms with Crippen molar-refractivity contribution in [3.63, 3.8) is 0 Å². The first-order valence-electron chi connectivity index (χ1n) is 8.20. The van der Waals surface area contributed by atoms with Gasteiger partial charge in [0.2, 0.25) is 17.7 Å². The summed E-state index contributed by atoms with van der Waals surface area (Å²) in [6, 6.07) is 15.8. The van der Waals surface area contributed by atoms with Crippen LogP contribution in [0.4, 0.5) is 0 Å². The monoisotopic (exact) mass is 335 g/mol. The van der Waals surface area contributed by atoms with E-state index in [1.807, 2.05) is 62.4 Å². The summed E-state index contributed by atoms with van der Waals surface area (Å²) in [7, 11) is 1.74. The molecule has 0 unspecified atom stereocenters. The number of carbonyl (C=O) groups is 1. The van der Waals surface area contributed by atoms with E-state index in [-0.39, 0.29) is 5.91 Å². The number of rotatable bonds is 5. The molecule has 0 aliphatic heterocycles. The molecule has 0 saturated heterocycles. The Bertz CT molecular complexity index is 851. The van der Waals surface area contributed by atoms with Gasteiger partial charge in [-0.05, 0) is 31.5 Å². The molecule has 0 atom stereocenters. The fourth-order valence-corrected chi connectivity index (χ4v) is 2.44. The first kappa shape index (κ1) is 16.9. The summed E-state index contributed by atoms with van der Waals surface area (Å²) in [6.07, 6.45) is 0.357. The van der Waals surface area contributed by atoms with Crippen LogP contribution in [0.3, 0.4) is 0 Å². The number of likely N-dealkylation sites (N-methyl/N-ethyl adjacent to an activating group) is 1. The molecule has 0 N–H and O–H groups in total. The average Bonchev–Trinajstić information content (AvgIpc) is 3.06. The molecule has 0 fully saturated rings. The Labute approximate surface area is 147 Å². The predicted molar refractivity (Wildman–Crippen MR) is 95.8 cm³/mol. The third-order valence-electron chi connectivity index (χ3n) is 4.04. The lowest BCUT2D eigenvalue weighted by molar-refractivity contribution is -0.130. The third kappa shape index (κ3) is 4.32. The minimum Gasteiger partial charge on any atom is -0.419 e. The van der Waals surface area contributed by atoms with Crippen LogP contribution in [0, 0.1) is 13.8 Å². The Kier molecular flexibility index (Phi) is 4.93. The van der Waals surface area contributed by atoms with Crippen LogP contribution in [0.2, 0.25) is 0 Å². The lowest BCUT2D eigenvalue weighted by atomic mass is 10.1. The van der Waals surface area contributed by atoms with E-state index in [0.717, 1.165) is 11.1 Å². The molecule has 3 rings (SSSR count). The Morgan fingerprint density at radius 3 is 2.20 bits per heavy atom. The van der Waals surface area contributed by atoms with Crippen LogP contribution in [0.15, 0.2) is 52.9 Å². The van der Waals surface area contributed by atoms with E-state index in [4.69, 9.17) is 4.42 Å². The van der Waals surface area contributed by atoms with Crippen molar-refractivity contribution in [2.75, 3.05) is 7.05 Å². The van der Waals surface area contributed by atoms with Gasteiger partial charge in [-0.2, -0.15) is 0 Å². The van der Waals surface area contributed by atoms with Gasteiger partial charge >= 0.3 is 0 Å². The fraction of sp³-hybridized carbons (Fsp3) is 0.250. The Morgan fingerprint density at radius 2 is 1.56 bits per heavy atom. The van der Waals surface area contributed by atoms with Crippen molar-refractivity contribution >= 4 is 5.91 Å². The molecule has 1 aromatic heterocycles. The number of carbonyl (C=O) groups excluding carboxylic acids is 1. The summed E-state index contributed by atoms with van der Waals surface area (Å²) >= 11 is 0. The molecule has 0 spiro atoms. The molecule has 1 heterocycles. The topological polar surface area (TPSA) is 59.2 Å². The molecular weight excluding hydrogens is 314 g/mol. The van der Waals surface area contributed by atoms with Gasteiger partial charge in [0.25, 0.3) is 0 Å². The Balaban J connectivity index is 1.62. The summed E-state index contributed by atoms with van der Waals surface area (Å²) in [6.45, 7) is 4.35. The first-order chi connectivity index (χ1) is 12.0. The highest BCUT2D eigenvalue weighted by atomic mass is 16.4. The zero-order valence-electron chi connectivity index (χ0n) is 14.7. The molecule has 0 aliphatic carbocycles. The van der Waals surface area contributed by atoms with Crippen molar-refractivity contribution in [2.24, 2.45) is 0 Å². The minimum atomic E-state index is 0.0129. The van der Waals surface area contributed by atoms with Crippen molar-refractivity contribution in [1.82, 2.24) is 15.1 Å². The molecule has 25 heavy (non-hydrogen) atoms. The maximum Gasteiger partial charge on any atom is 0.247 e. The quantitative estimate of drug-likeness (QED) is 0.715. The minimum absolute atomic E-state index is 0.0129. The number of benzene rings is 2. The number of nitrogens with zero attached hydrogens (tertiary/aromatic N) is 3. The lowest BCUT2D eigenvalue weighted by Crippen LogP contribution is -2.27. The molecule has 0 saturated carbocycles. The predicted octanol–water partition coefficient (Wildman–Crippen LogP) is 3.55. The molecule has 5 nitrogen and oxygen atoms in total. The first-order valence-corrected chi connectivity index (χ1v) is 8.20. The van der Waals surface area contributed by atoms with E-state index < -0.39 is 0 Å². The Morgan fingerprint density at radius 1 is 0.960 bits per heavy atom. The molecule has 5 heteroatoms. The van der Waals surface area contributed by atoms with Crippen molar-refractivity contribution in [2.45, 2.75) is 26.8 Å². The third-order valence-corrected chi connectivity index (χ3v) is 4.04. The van der Waals surface area contributed by atoms with Gasteiger partial charge in [0.15, 0.2) is 0 Å². The highest BCUT2D eigenvalue weighted by Crippen LogP contribution is 2.18. The van der Waals surface area contributed by atoms with Crippen LogP contribution < -0.4 is 0 Å². The molecular formula is C20H21N3O2. The number of aromatic nitrogens is 2. The van der Waals surface area contributed by atoms with Gasteiger partial charge in [0, 0.05) is 12.6 Å². The maximum atomic E-state index is 12.4. The molecule has 128 valence electrons. The van der Waals surface area contributed by atoms with Crippen molar-refractivity contribution in [3.8, 4) is 11.5 Å². The lowest BCUT2D eigenvalue weighted by Gasteiger charge is -2.14. The molecule has 0 aliphatic rings. The SMILES string of the molecule is Cc1ccc(CC(=O)N(C)Cc2nnc(-c3ccc(C)cc3)o2)cc1. The molecule has 1 amide bonds. The molecule has 0 radical (unpaired) electrons. The van der Waals surface area contributed by atoms with Crippen LogP contribution in [0.25, 0.3) is 11.5 Å². The second-order valence-corrected chi connectivity index (χ2v) is 6.28. The summed E-state index contributed by atoms with van der Waals surface area (Å²) < 4.78 is 5.68. The molecule has 3 aromatic rings. The van der Waals surface area contributed by atoms with Crippen LogP contribution in [-0.2, 0) is 17.8 Å². The highest BCUT2D eigenvalue weighted by molar-refractivity contribution is 5.78. The van der Waals surface area contributed by atoms with Gasteiger partial charge in [-0.15, -0.1) is 10.2 Å². The van der Waals surface area contributed by atoms with E-state index in [1.165, 1.54) is 11.1 Å². The van der Waals surface area contributed by atoms with E-state index in [9.17, 15) is 4.79 Å². The van der Waals surface area contributed by atoms with Gasteiger partial charge < -0.3 is 9.32 Å². The summed E-state index contributed by atoms with van der Waals surface area (Å²) in [5, 5.41) is 8.11. The molecule has 0 bridgehead atoms. The van der Waals surface area contributed by atoms with E-state index in [2.05, 4.69) is 10.2 Å². The summed E-state index contributed by atoms with van der Waals surface area (Å²) in [5.74, 6) is 0.906. The Hall–Kier alpha value is -2.95. The second kappa shape index (κ2) is 7.30. The van der Waals surface area contributed by atoms with Crippen LogP contribution in [-0.4, -0.2) is 28.1 Å². The highest BCUT2D eigenvalue weighted by Gasteiger charge is 2.15. The summed E-state index contributed by atoms with van der Waals surface area (Å²) in [5.41, 5.74) is 4.22. The zero-order chi connectivity index (χ0) is 17.8. The van der Waals surface area contributed by atoms with Crippen LogP contribution in [0.1, 0.15) is 22.6 Å². The standard InChI is InChI=1S/C20H21N3O2/c1-14-4-8-16(9-5-14)12-19(24)23(3)13-18-21-22-20(25-18)17-10-6-15(2)7-11-17/h4-11H,12-13H2,1-3H3. The van der Waals surface area contributed by atoms with Crippen LogP contribution in [0.5, 0.6) is 0 Å². The largest absolute Gasteiger partial charge is 0.419 e. The number of amides is 1. The second-order valence-electron chi connectivity index (χ2n) is 6.28.